The van der Waals surface area contributed by atoms with E-state index in [2.05, 4.69) is 29.4 Å². The first kappa shape index (κ1) is 17.8. The number of H-pyrrole nitrogens is 1. The van der Waals surface area contributed by atoms with Gasteiger partial charge in [-0.2, -0.15) is 0 Å². The highest BCUT2D eigenvalue weighted by atomic mass is 16.5. The number of nitrogens with one attached hydrogen (secondary N) is 2. The summed E-state index contributed by atoms with van der Waals surface area (Å²) in [5.74, 6) is -0.349. The molecule has 136 valence electrons. The van der Waals surface area contributed by atoms with Crippen LogP contribution in [0.2, 0.25) is 0 Å². The van der Waals surface area contributed by atoms with Gasteiger partial charge in [0, 0.05) is 29.1 Å². The fourth-order valence-corrected chi connectivity index (χ4v) is 3.22. The van der Waals surface area contributed by atoms with E-state index in [1.807, 2.05) is 12.1 Å². The number of hydrogen-bond acceptors (Lipinski definition) is 5. The zero-order valence-electron chi connectivity index (χ0n) is 14.7. The van der Waals surface area contributed by atoms with Crippen LogP contribution in [-0.2, 0) is 16.0 Å². The zero-order chi connectivity index (χ0) is 18.7. The minimum atomic E-state index is -0.253. The number of ether oxygens (including phenoxy) is 1. The van der Waals surface area contributed by atoms with Crippen molar-refractivity contribution in [2.24, 2.45) is 0 Å². The van der Waals surface area contributed by atoms with Gasteiger partial charge in [0.2, 0.25) is 0 Å². The van der Waals surface area contributed by atoms with E-state index < -0.39 is 0 Å². The maximum absolute atomic E-state index is 11.7. The van der Waals surface area contributed by atoms with E-state index in [9.17, 15) is 4.79 Å². The third-order valence-electron chi connectivity index (χ3n) is 4.51. The molecule has 6 heteroatoms. The highest BCUT2D eigenvalue weighted by Gasteiger charge is 2.31. The van der Waals surface area contributed by atoms with Crippen molar-refractivity contribution >= 4 is 16.9 Å². The predicted octanol–water partition coefficient (Wildman–Crippen LogP) is 3.01. The number of benzene rings is 2. The van der Waals surface area contributed by atoms with Crippen molar-refractivity contribution < 1.29 is 19.7 Å². The Labute approximate surface area is 151 Å². The second-order valence-corrected chi connectivity index (χ2v) is 6.22. The van der Waals surface area contributed by atoms with Crippen molar-refractivity contribution in [3.8, 4) is 11.5 Å². The van der Waals surface area contributed by atoms with Gasteiger partial charge >= 0.3 is 5.97 Å². The fourth-order valence-electron chi connectivity index (χ4n) is 3.22. The van der Waals surface area contributed by atoms with Crippen LogP contribution in [0.5, 0.6) is 11.5 Å². The van der Waals surface area contributed by atoms with E-state index in [4.69, 9.17) is 14.9 Å². The van der Waals surface area contributed by atoms with E-state index in [-0.39, 0.29) is 29.6 Å². The van der Waals surface area contributed by atoms with E-state index >= 15 is 0 Å². The molecule has 0 aliphatic carbocycles. The normalized spacial score (nSPS) is 18.5. The number of hydrogen-bond donors (Lipinski definition) is 4. The largest absolute Gasteiger partial charge is 0.504 e. The summed E-state index contributed by atoms with van der Waals surface area (Å²) < 4.78 is 4.83. The molecule has 0 saturated carbocycles. The van der Waals surface area contributed by atoms with Gasteiger partial charge in [-0.3, -0.25) is 10.1 Å². The number of carbonyl (C=O) groups excluding carboxylic acids is 1. The third kappa shape index (κ3) is 3.50. The van der Waals surface area contributed by atoms with Crippen LogP contribution in [0.25, 0.3) is 10.9 Å². The molecular weight excluding hydrogens is 332 g/mol. The lowest BCUT2D eigenvalue weighted by Gasteiger charge is -2.27. The molecule has 1 aromatic heterocycles. The first-order valence-electron chi connectivity index (χ1n) is 8.41. The van der Waals surface area contributed by atoms with Gasteiger partial charge in [-0.25, -0.2) is 0 Å². The molecule has 0 radical (unpaired) electrons. The highest BCUT2D eigenvalue weighted by Crippen LogP contribution is 2.31. The van der Waals surface area contributed by atoms with Crippen molar-refractivity contribution in [3.63, 3.8) is 0 Å². The second kappa shape index (κ2) is 7.49. The summed E-state index contributed by atoms with van der Waals surface area (Å²) in [6.07, 6.45) is 0.677. The fraction of sp³-hybridized carbons (Fsp3) is 0.250. The second-order valence-electron chi connectivity index (χ2n) is 6.22. The molecule has 26 heavy (non-hydrogen) atoms. The van der Waals surface area contributed by atoms with Crippen molar-refractivity contribution in [3.05, 3.63) is 59.8 Å². The van der Waals surface area contributed by atoms with Crippen molar-refractivity contribution in [2.75, 3.05) is 7.11 Å². The molecule has 6 nitrogen and oxygen atoms in total. The van der Waals surface area contributed by atoms with E-state index in [0.29, 0.717) is 6.42 Å². The van der Waals surface area contributed by atoms with Crippen LogP contribution in [-0.4, -0.2) is 34.3 Å². The lowest BCUT2D eigenvalue weighted by atomic mass is 9.95. The number of para-hydroxylation sites is 3. The molecular formula is C20H22N2O4. The summed E-state index contributed by atoms with van der Waals surface area (Å²) in [6, 6.07) is 14.2. The summed E-state index contributed by atoms with van der Waals surface area (Å²) in [5.41, 5.74) is 3.53. The predicted molar refractivity (Wildman–Crippen MR) is 99.1 cm³/mol. The van der Waals surface area contributed by atoms with Crippen molar-refractivity contribution in [1.29, 1.82) is 0 Å². The molecule has 2 aromatic carbocycles. The Morgan fingerprint density at radius 2 is 1.69 bits per heavy atom. The molecule has 3 aromatic rings. The summed E-state index contributed by atoms with van der Waals surface area (Å²) >= 11 is 0. The summed E-state index contributed by atoms with van der Waals surface area (Å²) in [7, 11) is 1.43. The number of esters is 1. The smallest absolute Gasteiger partial charge is 0.323 e. The molecule has 2 heterocycles. The zero-order valence-corrected chi connectivity index (χ0v) is 14.7. The summed E-state index contributed by atoms with van der Waals surface area (Å²) in [4.78, 5) is 15.1. The molecule has 1 aliphatic rings. The van der Waals surface area contributed by atoms with Crippen LogP contribution in [0.1, 0.15) is 24.2 Å². The standard InChI is InChI=1S/C14H16N2O2.C6H6O2/c1-8-13-10(7-12(15-8)14(17)18-2)9-5-3-4-6-11(9)16-13;7-5-3-1-2-4-6(5)8/h3-6,8,12,15-16H,7H2,1-2H3;1-4,7-8H. The van der Waals surface area contributed by atoms with Crippen LogP contribution in [0.4, 0.5) is 0 Å². The number of aromatic amines is 1. The third-order valence-corrected chi connectivity index (χ3v) is 4.51. The van der Waals surface area contributed by atoms with Crippen LogP contribution in [0.15, 0.2) is 48.5 Å². The molecule has 1 aliphatic heterocycles. The Kier molecular flexibility index (Phi) is 5.14. The van der Waals surface area contributed by atoms with E-state index in [1.54, 1.807) is 12.1 Å². The Morgan fingerprint density at radius 3 is 2.31 bits per heavy atom. The number of carbonyl (C=O) groups is 1. The number of aromatic hydroxyl groups is 2. The Morgan fingerprint density at radius 1 is 1.08 bits per heavy atom. The van der Waals surface area contributed by atoms with Gasteiger partial charge in [0.05, 0.1) is 7.11 Å². The molecule has 0 fully saturated rings. The number of aromatic nitrogens is 1. The molecule has 0 saturated heterocycles. The summed E-state index contributed by atoms with van der Waals surface area (Å²) in [5, 5.41) is 21.8. The van der Waals surface area contributed by atoms with E-state index in [0.717, 1.165) is 5.52 Å². The molecule has 0 spiro atoms. The lowest BCUT2D eigenvalue weighted by molar-refractivity contribution is -0.143. The average molecular weight is 354 g/mol. The molecule has 0 amide bonds. The van der Waals surface area contributed by atoms with Crippen LogP contribution >= 0.6 is 0 Å². The Bertz CT molecular complexity index is 898. The maximum Gasteiger partial charge on any atom is 0.323 e. The van der Waals surface area contributed by atoms with Crippen LogP contribution in [0.3, 0.4) is 0 Å². The average Bonchev–Trinajstić information content (AvgIpc) is 3.03. The van der Waals surface area contributed by atoms with Gasteiger partial charge < -0.3 is 19.9 Å². The maximum atomic E-state index is 11.7. The van der Waals surface area contributed by atoms with Crippen molar-refractivity contribution in [1.82, 2.24) is 10.3 Å². The van der Waals surface area contributed by atoms with Crippen LogP contribution < -0.4 is 5.32 Å². The minimum absolute atomic E-state index is 0.0764. The molecule has 4 N–H and O–H groups in total. The topological polar surface area (TPSA) is 94.6 Å². The first-order chi connectivity index (χ1) is 12.5. The number of methoxy groups -OCH3 is 1. The van der Waals surface area contributed by atoms with Gasteiger partial charge in [0.1, 0.15) is 6.04 Å². The van der Waals surface area contributed by atoms with Gasteiger partial charge in [-0.15, -0.1) is 0 Å². The highest BCUT2D eigenvalue weighted by molar-refractivity contribution is 5.87. The van der Waals surface area contributed by atoms with Crippen molar-refractivity contribution in [2.45, 2.75) is 25.4 Å². The Hall–Kier alpha value is -2.99. The number of phenols is 2. The summed E-state index contributed by atoms with van der Waals surface area (Å²) in [6.45, 7) is 2.06. The number of rotatable bonds is 1. The molecule has 0 bridgehead atoms. The van der Waals surface area contributed by atoms with Gasteiger partial charge in [0.15, 0.2) is 11.5 Å². The lowest BCUT2D eigenvalue weighted by Crippen LogP contribution is -2.44. The number of phenolic OH excluding ortho intramolecular Hbond substituents is 2. The number of fused-ring (bicyclic) bond motifs is 3. The molecule has 4 rings (SSSR count). The monoisotopic (exact) mass is 354 g/mol. The van der Waals surface area contributed by atoms with Gasteiger partial charge in [-0.1, -0.05) is 30.3 Å². The SMILES string of the molecule is COC(=O)C1Cc2c([nH]c3ccccc23)C(C)N1.Oc1ccccc1O. The van der Waals surface area contributed by atoms with Gasteiger partial charge in [-0.05, 0) is 30.7 Å². The first-order valence-corrected chi connectivity index (χ1v) is 8.41. The van der Waals surface area contributed by atoms with Crippen LogP contribution in [0, 0.1) is 0 Å². The van der Waals surface area contributed by atoms with E-state index in [1.165, 1.54) is 35.9 Å². The molecule has 2 unspecified atom stereocenters. The Balaban J connectivity index is 0.000000206. The minimum Gasteiger partial charge on any atom is -0.504 e. The quantitative estimate of drug-likeness (QED) is 0.398. The molecule has 2 atom stereocenters. The van der Waals surface area contributed by atoms with Gasteiger partial charge in [0.25, 0.3) is 0 Å².